The zero-order valence-electron chi connectivity index (χ0n) is 17.4. The molecule has 2 fully saturated rings. The Labute approximate surface area is 168 Å². The van der Waals surface area contributed by atoms with Crippen LogP contribution < -0.4 is 10.6 Å². The third kappa shape index (κ3) is 4.24. The monoisotopic (exact) mass is 403 g/mol. The molecule has 2 aliphatic heterocycles. The molecule has 0 radical (unpaired) electrons. The van der Waals surface area contributed by atoms with E-state index in [1.807, 2.05) is 0 Å². The smallest absolute Gasteiger partial charge is 0.147 e. The number of nitrogens with zero attached hydrogens (tertiary/aromatic N) is 4. The van der Waals surface area contributed by atoms with Crippen molar-refractivity contribution in [3.05, 3.63) is 18.1 Å². The maximum absolute atomic E-state index is 6.04. The topological polar surface area (TPSA) is 78.4 Å². The molecule has 4 rings (SSSR count). The summed E-state index contributed by atoms with van der Waals surface area (Å²) in [7, 11) is -1.09. The van der Waals surface area contributed by atoms with Crippen LogP contribution in [0.1, 0.15) is 24.3 Å². The van der Waals surface area contributed by atoms with Crippen molar-refractivity contribution in [2.45, 2.75) is 57.2 Å². The van der Waals surface area contributed by atoms with Gasteiger partial charge in [-0.25, -0.2) is 9.97 Å². The number of ether oxygens (including phenoxy) is 2. The van der Waals surface area contributed by atoms with Crippen molar-refractivity contribution in [3.63, 3.8) is 0 Å². The van der Waals surface area contributed by atoms with Gasteiger partial charge >= 0.3 is 0 Å². The van der Waals surface area contributed by atoms with Crippen molar-refractivity contribution >= 4 is 24.9 Å². The van der Waals surface area contributed by atoms with E-state index in [0.29, 0.717) is 12.6 Å². The minimum absolute atomic E-state index is 0.239. The van der Waals surface area contributed by atoms with Gasteiger partial charge in [0, 0.05) is 53.2 Å². The number of aromatic nitrogens is 3. The average Bonchev–Trinajstić information content (AvgIpc) is 3.02. The molecule has 2 aromatic heterocycles. The summed E-state index contributed by atoms with van der Waals surface area (Å²) in [6.07, 6.45) is 6.01. The SMILES string of the molecule is C[Si](C)(C)CCOCn1cc(C2CCOCC2)c2c(N3CC(N)C3)ncnc21. The summed E-state index contributed by atoms with van der Waals surface area (Å²) in [5.41, 5.74) is 8.34. The van der Waals surface area contributed by atoms with Gasteiger partial charge in [0.05, 0.1) is 5.39 Å². The summed E-state index contributed by atoms with van der Waals surface area (Å²) in [6.45, 7) is 11.8. The Morgan fingerprint density at radius 2 is 1.96 bits per heavy atom. The Morgan fingerprint density at radius 3 is 2.64 bits per heavy atom. The van der Waals surface area contributed by atoms with Gasteiger partial charge in [0.1, 0.15) is 24.5 Å². The number of hydrogen-bond acceptors (Lipinski definition) is 6. The second-order valence-electron chi connectivity index (χ2n) is 9.35. The Bertz CT molecular complexity index is 807. The van der Waals surface area contributed by atoms with Gasteiger partial charge in [-0.1, -0.05) is 19.6 Å². The number of fused-ring (bicyclic) bond motifs is 1. The normalized spacial score (nSPS) is 19.4. The summed E-state index contributed by atoms with van der Waals surface area (Å²) in [4.78, 5) is 11.5. The minimum Gasteiger partial charge on any atom is -0.381 e. The summed E-state index contributed by atoms with van der Waals surface area (Å²) >= 11 is 0. The molecule has 2 aromatic rings. The van der Waals surface area contributed by atoms with Crippen LogP contribution in [0.25, 0.3) is 11.0 Å². The molecule has 0 aromatic carbocycles. The van der Waals surface area contributed by atoms with Crippen LogP contribution in [-0.4, -0.2) is 61.6 Å². The highest BCUT2D eigenvalue weighted by Crippen LogP contribution is 2.38. The van der Waals surface area contributed by atoms with Crippen molar-refractivity contribution in [2.24, 2.45) is 5.73 Å². The van der Waals surface area contributed by atoms with Gasteiger partial charge in [-0.15, -0.1) is 0 Å². The van der Waals surface area contributed by atoms with E-state index in [-0.39, 0.29) is 6.04 Å². The first-order chi connectivity index (χ1) is 13.4. The summed E-state index contributed by atoms with van der Waals surface area (Å²) in [6, 6.07) is 1.41. The Hall–Kier alpha value is -1.48. The van der Waals surface area contributed by atoms with E-state index in [2.05, 4.69) is 45.3 Å². The van der Waals surface area contributed by atoms with Crippen molar-refractivity contribution in [1.82, 2.24) is 14.5 Å². The van der Waals surface area contributed by atoms with Crippen molar-refractivity contribution in [1.29, 1.82) is 0 Å². The van der Waals surface area contributed by atoms with Crippen molar-refractivity contribution < 1.29 is 9.47 Å². The second-order valence-corrected chi connectivity index (χ2v) is 15.0. The Morgan fingerprint density at radius 1 is 1.21 bits per heavy atom. The first-order valence-electron chi connectivity index (χ1n) is 10.4. The summed E-state index contributed by atoms with van der Waals surface area (Å²) in [5, 5.41) is 1.18. The molecule has 0 spiro atoms. The first kappa shape index (κ1) is 19.8. The van der Waals surface area contributed by atoms with Crippen LogP contribution in [0.4, 0.5) is 5.82 Å². The lowest BCUT2D eigenvalue weighted by molar-refractivity contribution is 0.0840. The molecule has 0 unspecified atom stereocenters. The van der Waals surface area contributed by atoms with Crippen LogP contribution in [0.5, 0.6) is 0 Å². The van der Waals surface area contributed by atoms with Gasteiger partial charge in [-0.2, -0.15) is 0 Å². The fourth-order valence-electron chi connectivity index (χ4n) is 4.02. The summed E-state index contributed by atoms with van der Waals surface area (Å²) < 4.78 is 13.8. The molecule has 28 heavy (non-hydrogen) atoms. The quantitative estimate of drug-likeness (QED) is 0.566. The zero-order valence-corrected chi connectivity index (χ0v) is 18.4. The fraction of sp³-hybridized carbons (Fsp3) is 0.700. The number of anilines is 1. The minimum atomic E-state index is -1.09. The van der Waals surface area contributed by atoms with Gasteiger partial charge in [0.25, 0.3) is 0 Å². The molecule has 2 aliphatic rings. The number of hydrogen-bond donors (Lipinski definition) is 1. The largest absolute Gasteiger partial charge is 0.381 e. The Balaban J connectivity index is 1.63. The van der Waals surface area contributed by atoms with Crippen LogP contribution in [0.3, 0.4) is 0 Å². The molecule has 0 bridgehead atoms. The van der Waals surface area contributed by atoms with Crippen LogP contribution in [-0.2, 0) is 16.2 Å². The molecule has 0 atom stereocenters. The lowest BCUT2D eigenvalue weighted by Gasteiger charge is -2.38. The van der Waals surface area contributed by atoms with E-state index in [4.69, 9.17) is 15.2 Å². The van der Waals surface area contributed by atoms with Gasteiger partial charge in [0.15, 0.2) is 0 Å². The van der Waals surface area contributed by atoms with Crippen LogP contribution in [0, 0.1) is 0 Å². The van der Waals surface area contributed by atoms with Crippen molar-refractivity contribution in [2.75, 3.05) is 37.8 Å². The first-order valence-corrected chi connectivity index (χ1v) is 14.1. The third-order valence-corrected chi connectivity index (χ3v) is 7.46. The highest BCUT2D eigenvalue weighted by atomic mass is 28.3. The zero-order chi connectivity index (χ0) is 19.7. The predicted molar refractivity (Wildman–Crippen MR) is 115 cm³/mol. The maximum atomic E-state index is 6.04. The molecule has 2 N–H and O–H groups in total. The molecule has 154 valence electrons. The van der Waals surface area contributed by atoms with E-state index < -0.39 is 8.07 Å². The maximum Gasteiger partial charge on any atom is 0.147 e. The molecular formula is C20H33N5O2Si. The number of nitrogens with two attached hydrogens (primary N) is 1. The third-order valence-electron chi connectivity index (χ3n) is 5.76. The highest BCUT2D eigenvalue weighted by molar-refractivity contribution is 6.76. The van der Waals surface area contributed by atoms with Crippen LogP contribution in [0.15, 0.2) is 12.5 Å². The average molecular weight is 404 g/mol. The van der Waals surface area contributed by atoms with Crippen molar-refractivity contribution in [3.8, 4) is 0 Å². The molecule has 0 saturated carbocycles. The standard InChI is InChI=1S/C20H33N5O2Si/c1-28(2,3)9-8-27-14-25-12-17(15-4-6-26-7-5-15)18-19(22-13-23-20(18)25)24-10-16(21)11-24/h12-13,15-16H,4-11,14,21H2,1-3H3. The molecule has 0 aliphatic carbocycles. The van der Waals surface area contributed by atoms with E-state index in [1.54, 1.807) is 6.33 Å². The molecule has 2 saturated heterocycles. The van der Waals surface area contributed by atoms with E-state index in [1.165, 1.54) is 17.0 Å². The van der Waals surface area contributed by atoms with Gasteiger partial charge in [-0.05, 0) is 30.4 Å². The predicted octanol–water partition coefficient (Wildman–Crippen LogP) is 2.78. The molecule has 4 heterocycles. The lowest BCUT2D eigenvalue weighted by Crippen LogP contribution is -2.56. The molecular weight excluding hydrogens is 370 g/mol. The Kier molecular flexibility index (Phi) is 5.73. The van der Waals surface area contributed by atoms with Crippen LogP contribution in [0.2, 0.25) is 25.7 Å². The summed E-state index contributed by atoms with van der Waals surface area (Å²) in [5.74, 6) is 1.51. The van der Waals surface area contributed by atoms with Gasteiger partial charge in [-0.3, -0.25) is 0 Å². The van der Waals surface area contributed by atoms with Gasteiger partial charge in [0.2, 0.25) is 0 Å². The van der Waals surface area contributed by atoms with Gasteiger partial charge < -0.3 is 24.7 Å². The van der Waals surface area contributed by atoms with E-state index in [9.17, 15) is 0 Å². The van der Waals surface area contributed by atoms with E-state index in [0.717, 1.165) is 57.2 Å². The fourth-order valence-corrected chi connectivity index (χ4v) is 4.78. The van der Waals surface area contributed by atoms with E-state index >= 15 is 0 Å². The second kappa shape index (κ2) is 8.10. The molecule has 7 nitrogen and oxygen atoms in total. The molecule has 0 amide bonds. The lowest BCUT2D eigenvalue weighted by atomic mass is 9.91. The highest BCUT2D eigenvalue weighted by Gasteiger charge is 2.30. The number of rotatable bonds is 7. The molecule has 8 heteroatoms. The van der Waals surface area contributed by atoms with Crippen LogP contribution >= 0.6 is 0 Å².